The summed E-state index contributed by atoms with van der Waals surface area (Å²) in [4.78, 5) is 5.68. The molecule has 5 aromatic heterocycles. The van der Waals surface area contributed by atoms with Gasteiger partial charge in [-0.3, -0.25) is 4.57 Å². The molecule has 0 atom stereocenters. The zero-order valence-electron chi connectivity index (χ0n) is 41.9. The number of rotatable bonds is 5. The summed E-state index contributed by atoms with van der Waals surface area (Å²) >= 11 is 0. The van der Waals surface area contributed by atoms with E-state index in [-0.39, 0.29) is 33.9 Å². The summed E-state index contributed by atoms with van der Waals surface area (Å²) in [5, 5.41) is 6.08. The van der Waals surface area contributed by atoms with E-state index in [0.717, 1.165) is 82.3 Å². The first kappa shape index (κ1) is 28.0. The Kier molecular flexibility index (Phi) is 5.88. The Morgan fingerprint density at radius 3 is 1.55 bits per heavy atom. The minimum Gasteiger partial charge on any atom is -0.456 e. The third-order valence-corrected chi connectivity index (χ3v) is 12.7. The predicted octanol–water partition coefficient (Wildman–Crippen LogP) is 15.6. The monoisotopic (exact) mass is 824 g/mol. The Balaban J connectivity index is 1.19. The van der Waals surface area contributed by atoms with Gasteiger partial charge in [0.2, 0.25) is 0 Å². The second kappa shape index (κ2) is 13.4. The van der Waals surface area contributed by atoms with Gasteiger partial charge in [0.15, 0.2) is 0 Å². The van der Waals surface area contributed by atoms with Crippen molar-refractivity contribution in [1.29, 1.82) is 0 Å². The zero-order valence-corrected chi connectivity index (χ0v) is 33.9. The highest BCUT2D eigenvalue weighted by atomic mass is 16.3. The smallest absolute Gasteiger partial charge is 0.140 e. The Hall–Kier alpha value is -8.67. The lowest BCUT2D eigenvalue weighted by atomic mass is 9.94. The summed E-state index contributed by atoms with van der Waals surface area (Å²) in [7, 11) is 0. The van der Waals surface area contributed by atoms with Crippen molar-refractivity contribution in [2.75, 3.05) is 0 Å². The molecule has 0 bridgehead atoms. The fourth-order valence-corrected chi connectivity index (χ4v) is 10.0. The maximum atomic E-state index is 9.50. The highest BCUT2D eigenvalue weighted by molar-refractivity contribution is 6.13. The van der Waals surface area contributed by atoms with Crippen LogP contribution in [0.5, 0.6) is 0 Å². The maximum absolute atomic E-state index is 9.50. The van der Waals surface area contributed by atoms with Gasteiger partial charge in [-0.2, -0.15) is 0 Å². The van der Waals surface area contributed by atoms with E-state index in [0.29, 0.717) is 22.8 Å². The number of nitrogens with zero attached hydrogens (tertiary/aromatic N) is 4. The van der Waals surface area contributed by atoms with Crippen LogP contribution in [0.25, 0.3) is 127 Å². The topological polar surface area (TPSA) is 40.8 Å². The van der Waals surface area contributed by atoms with Gasteiger partial charge in [-0.15, -0.1) is 0 Å². The molecule has 64 heavy (non-hydrogen) atoms. The second-order valence-electron chi connectivity index (χ2n) is 16.1. The largest absolute Gasteiger partial charge is 0.456 e. The number of fused-ring (bicyclic) bond motifs is 12. The SMILES string of the molecule is [2H]c1c([2H])c([2H])c2c(c1[2H])c1c([2H])c([2H])c([2H])c([2H])c1n2-c1cc(-c2c(-c3ccc4c(c3)oc3ccccc34)cccc2-n2c3ccccc3c3ccccc32)nc(-n2c3ccccc3c3ccccc32)c1. The molecule has 0 saturated heterocycles. The van der Waals surface area contributed by atoms with Gasteiger partial charge in [-0.05, 0) is 77.8 Å². The molecule has 9 aromatic carbocycles. The molecule has 5 nitrogen and oxygen atoms in total. The Morgan fingerprint density at radius 2 is 0.922 bits per heavy atom. The van der Waals surface area contributed by atoms with E-state index in [1.165, 1.54) is 0 Å². The average molecular weight is 825 g/mol. The third kappa shape index (κ3) is 4.98. The maximum Gasteiger partial charge on any atom is 0.140 e. The predicted molar refractivity (Wildman–Crippen MR) is 265 cm³/mol. The highest BCUT2D eigenvalue weighted by Gasteiger charge is 2.24. The van der Waals surface area contributed by atoms with E-state index in [4.69, 9.17) is 14.9 Å². The minimum absolute atomic E-state index is 0.00900. The molecule has 0 aliphatic carbocycles. The van der Waals surface area contributed by atoms with E-state index in [2.05, 4.69) is 81.9 Å². The Morgan fingerprint density at radius 1 is 0.391 bits per heavy atom. The van der Waals surface area contributed by atoms with Crippen LogP contribution in [0.1, 0.15) is 11.0 Å². The van der Waals surface area contributed by atoms with Crippen LogP contribution in [0, 0.1) is 0 Å². The second-order valence-corrected chi connectivity index (χ2v) is 16.1. The van der Waals surface area contributed by atoms with Crippen molar-refractivity contribution < 1.29 is 15.4 Å². The van der Waals surface area contributed by atoms with Crippen LogP contribution in [0.4, 0.5) is 0 Å². The molecule has 0 amide bonds. The summed E-state index contributed by atoms with van der Waals surface area (Å²) in [5.74, 6) is 0.465. The summed E-state index contributed by atoms with van der Waals surface area (Å²) in [5.41, 5.74) is 9.24. The molecule has 0 saturated carbocycles. The van der Waals surface area contributed by atoms with Gasteiger partial charge in [0.1, 0.15) is 17.0 Å². The molecule has 0 aliphatic rings. The summed E-state index contributed by atoms with van der Waals surface area (Å²) in [6.45, 7) is 0. The molecule has 0 radical (unpaired) electrons. The third-order valence-electron chi connectivity index (χ3n) is 12.7. The van der Waals surface area contributed by atoms with Crippen molar-refractivity contribution in [2.45, 2.75) is 0 Å². The molecule has 0 aliphatic heterocycles. The molecule has 5 heterocycles. The Bertz CT molecular complexity index is 4510. The minimum atomic E-state index is -0.508. The van der Waals surface area contributed by atoms with Gasteiger partial charge in [-0.25, -0.2) is 4.98 Å². The van der Waals surface area contributed by atoms with Gasteiger partial charge in [0.05, 0.1) is 61.1 Å². The van der Waals surface area contributed by atoms with Crippen LogP contribution >= 0.6 is 0 Å². The zero-order chi connectivity index (χ0) is 48.8. The molecule has 0 unspecified atom stereocenters. The van der Waals surface area contributed by atoms with Crippen molar-refractivity contribution in [2.24, 2.45) is 0 Å². The first-order chi connectivity index (χ1) is 35.1. The number of furan rings is 1. The van der Waals surface area contributed by atoms with E-state index >= 15 is 0 Å². The summed E-state index contributed by atoms with van der Waals surface area (Å²) in [6, 6.07) is 53.3. The van der Waals surface area contributed by atoms with Gasteiger partial charge in [0, 0.05) is 54.7 Å². The number of hydrogen-bond acceptors (Lipinski definition) is 2. The van der Waals surface area contributed by atoms with E-state index < -0.39 is 36.3 Å². The van der Waals surface area contributed by atoms with Crippen molar-refractivity contribution in [3.63, 3.8) is 0 Å². The molecule has 0 spiro atoms. The van der Waals surface area contributed by atoms with Gasteiger partial charge in [0.25, 0.3) is 0 Å². The number of aromatic nitrogens is 4. The molecule has 14 aromatic rings. The van der Waals surface area contributed by atoms with E-state index in [1.807, 2.05) is 97.1 Å². The summed E-state index contributed by atoms with van der Waals surface area (Å²) < 4.78 is 85.4. The van der Waals surface area contributed by atoms with Crippen LogP contribution in [-0.4, -0.2) is 18.7 Å². The Labute approximate surface area is 378 Å². The molecule has 14 rings (SSSR count). The van der Waals surface area contributed by atoms with Gasteiger partial charge in [-0.1, -0.05) is 145 Å². The van der Waals surface area contributed by atoms with Gasteiger partial charge >= 0.3 is 0 Å². The standard InChI is InChI=1S/C59H36N4O/c1-8-24-49-40(16-1)41-17-2-9-25-50(41)61(49)38-35-48(60-58(36-38)63-53-28-12-5-20-44(53)45-21-6-13-29-54(45)63)59-39(37-32-33-47-46-22-7-14-31-56(46)64-57(47)34-37)23-15-30-55(59)62-51-26-10-3-18-42(51)43-19-4-11-27-52(43)62/h1-36H/i1D,2D,8D,9D,16D,17D,24D,25D. The fourth-order valence-electron chi connectivity index (χ4n) is 10.0. The highest BCUT2D eigenvalue weighted by Crippen LogP contribution is 2.44. The van der Waals surface area contributed by atoms with Crippen molar-refractivity contribution in [1.82, 2.24) is 18.7 Å². The van der Waals surface area contributed by atoms with E-state index in [1.54, 1.807) is 4.57 Å². The molecule has 5 heteroatoms. The lowest BCUT2D eigenvalue weighted by Gasteiger charge is -2.20. The number of pyridine rings is 1. The van der Waals surface area contributed by atoms with Crippen molar-refractivity contribution >= 4 is 87.4 Å². The van der Waals surface area contributed by atoms with Crippen molar-refractivity contribution in [3.8, 4) is 39.6 Å². The summed E-state index contributed by atoms with van der Waals surface area (Å²) in [6.07, 6.45) is 0. The number of hydrogen-bond donors (Lipinski definition) is 0. The first-order valence-electron chi connectivity index (χ1n) is 25.1. The van der Waals surface area contributed by atoms with Crippen molar-refractivity contribution in [3.05, 3.63) is 218 Å². The lowest BCUT2D eigenvalue weighted by Crippen LogP contribution is -2.05. The van der Waals surface area contributed by atoms with Crippen LogP contribution in [0.15, 0.2) is 223 Å². The normalized spacial score (nSPS) is 13.8. The van der Waals surface area contributed by atoms with E-state index in [9.17, 15) is 5.48 Å². The van der Waals surface area contributed by atoms with Gasteiger partial charge < -0.3 is 13.6 Å². The number of para-hydroxylation sites is 7. The molecule has 0 N–H and O–H groups in total. The number of benzene rings is 9. The molecule has 298 valence electrons. The fraction of sp³-hybridized carbons (Fsp3) is 0. The molecular weight excluding hydrogens is 781 g/mol. The average Bonchev–Trinajstić information content (AvgIpc) is 4.17. The van der Waals surface area contributed by atoms with Crippen LogP contribution in [-0.2, 0) is 0 Å². The van der Waals surface area contributed by atoms with Crippen LogP contribution in [0.3, 0.4) is 0 Å². The van der Waals surface area contributed by atoms with Crippen LogP contribution < -0.4 is 0 Å². The van der Waals surface area contributed by atoms with Crippen LogP contribution in [0.2, 0.25) is 0 Å². The lowest BCUT2D eigenvalue weighted by molar-refractivity contribution is 0.669. The quantitative estimate of drug-likeness (QED) is 0.173. The molecular formula is C59H36N4O. The molecule has 0 fully saturated rings. The first-order valence-corrected chi connectivity index (χ1v) is 21.1.